The summed E-state index contributed by atoms with van der Waals surface area (Å²) in [6.07, 6.45) is 0. The van der Waals surface area contributed by atoms with E-state index in [0.717, 1.165) is 11.1 Å². The lowest BCUT2D eigenvalue weighted by atomic mass is 9.95. The third kappa shape index (κ3) is 2.32. The SMILES string of the molecule is C=Nc1c(C(=C)F)cc(C)cc1C(C)C. The minimum absolute atomic E-state index is 0.295. The quantitative estimate of drug-likeness (QED) is 0.649. The van der Waals surface area contributed by atoms with Crippen LogP contribution in [0.1, 0.15) is 36.5 Å². The Balaban J connectivity index is 3.52. The standard InChI is InChI=1S/C13H16FN/c1-8(2)11-6-9(3)7-12(10(4)14)13(11)15-5/h6-8H,4-5H2,1-3H3. The molecular formula is C13H16FN. The average molecular weight is 205 g/mol. The van der Waals surface area contributed by atoms with Gasteiger partial charge in [0.15, 0.2) is 0 Å². The van der Waals surface area contributed by atoms with Crippen LogP contribution in [0.4, 0.5) is 10.1 Å². The number of halogens is 1. The molecule has 0 saturated carbocycles. The molecule has 0 aromatic heterocycles. The van der Waals surface area contributed by atoms with Crippen molar-refractivity contribution in [3.05, 3.63) is 35.4 Å². The largest absolute Gasteiger partial charge is 0.264 e. The summed E-state index contributed by atoms with van der Waals surface area (Å²) in [5.41, 5.74) is 3.09. The van der Waals surface area contributed by atoms with E-state index in [4.69, 9.17) is 0 Å². The maximum atomic E-state index is 13.2. The lowest BCUT2D eigenvalue weighted by molar-refractivity contribution is 0.761. The summed E-state index contributed by atoms with van der Waals surface area (Å²) < 4.78 is 13.2. The van der Waals surface area contributed by atoms with Crippen LogP contribution in [-0.4, -0.2) is 6.72 Å². The van der Waals surface area contributed by atoms with Gasteiger partial charge in [0.1, 0.15) is 5.83 Å². The Kier molecular flexibility index (Phi) is 3.40. The summed E-state index contributed by atoms with van der Waals surface area (Å²) >= 11 is 0. The Labute approximate surface area is 90.4 Å². The molecule has 0 bridgehead atoms. The lowest BCUT2D eigenvalue weighted by Crippen LogP contribution is -1.93. The van der Waals surface area contributed by atoms with Gasteiger partial charge in [-0.15, -0.1) is 0 Å². The van der Waals surface area contributed by atoms with E-state index < -0.39 is 5.83 Å². The van der Waals surface area contributed by atoms with Crippen LogP contribution in [-0.2, 0) is 0 Å². The second kappa shape index (κ2) is 4.39. The molecule has 80 valence electrons. The Hall–Kier alpha value is -1.44. The highest BCUT2D eigenvalue weighted by molar-refractivity contribution is 5.74. The zero-order chi connectivity index (χ0) is 11.6. The maximum Gasteiger partial charge on any atom is 0.125 e. The molecule has 0 unspecified atom stereocenters. The van der Waals surface area contributed by atoms with Gasteiger partial charge in [0.25, 0.3) is 0 Å². The monoisotopic (exact) mass is 205 g/mol. The van der Waals surface area contributed by atoms with Crippen molar-refractivity contribution in [2.75, 3.05) is 0 Å². The number of benzene rings is 1. The molecular weight excluding hydrogens is 189 g/mol. The van der Waals surface area contributed by atoms with Gasteiger partial charge in [-0.25, -0.2) is 4.39 Å². The van der Waals surface area contributed by atoms with Crippen molar-refractivity contribution in [1.82, 2.24) is 0 Å². The Bertz CT molecular complexity index is 405. The number of rotatable bonds is 3. The molecule has 0 aliphatic heterocycles. The number of aryl methyl sites for hydroxylation is 1. The van der Waals surface area contributed by atoms with Gasteiger partial charge >= 0.3 is 0 Å². The van der Waals surface area contributed by atoms with E-state index in [0.29, 0.717) is 17.2 Å². The second-order valence-electron chi connectivity index (χ2n) is 3.97. The van der Waals surface area contributed by atoms with Crippen LogP contribution >= 0.6 is 0 Å². The molecule has 0 saturated heterocycles. The fourth-order valence-corrected chi connectivity index (χ4v) is 1.63. The van der Waals surface area contributed by atoms with Crippen molar-refractivity contribution in [3.63, 3.8) is 0 Å². The summed E-state index contributed by atoms with van der Waals surface area (Å²) in [7, 11) is 0. The van der Waals surface area contributed by atoms with E-state index in [1.807, 2.05) is 26.8 Å². The lowest BCUT2D eigenvalue weighted by Gasteiger charge is -2.13. The number of aliphatic imine (C=N–C) groups is 1. The van der Waals surface area contributed by atoms with Crippen molar-refractivity contribution < 1.29 is 4.39 Å². The van der Waals surface area contributed by atoms with E-state index in [1.54, 1.807) is 6.07 Å². The molecule has 0 atom stereocenters. The Morgan fingerprint density at radius 3 is 2.40 bits per heavy atom. The van der Waals surface area contributed by atoms with Gasteiger partial charge in [-0.1, -0.05) is 26.5 Å². The highest BCUT2D eigenvalue weighted by atomic mass is 19.1. The van der Waals surface area contributed by atoms with E-state index in [2.05, 4.69) is 18.3 Å². The molecule has 1 rings (SSSR count). The van der Waals surface area contributed by atoms with Crippen molar-refractivity contribution in [2.24, 2.45) is 4.99 Å². The Morgan fingerprint density at radius 1 is 1.40 bits per heavy atom. The molecule has 1 nitrogen and oxygen atoms in total. The first-order valence-corrected chi connectivity index (χ1v) is 4.93. The minimum Gasteiger partial charge on any atom is -0.264 e. The van der Waals surface area contributed by atoms with Gasteiger partial charge in [0, 0.05) is 5.56 Å². The van der Waals surface area contributed by atoms with Crippen LogP contribution in [0.3, 0.4) is 0 Å². The molecule has 1 aromatic rings. The zero-order valence-electron chi connectivity index (χ0n) is 9.47. The second-order valence-corrected chi connectivity index (χ2v) is 3.97. The van der Waals surface area contributed by atoms with E-state index in [1.165, 1.54) is 0 Å². The highest BCUT2D eigenvalue weighted by Crippen LogP contribution is 2.35. The minimum atomic E-state index is -0.456. The van der Waals surface area contributed by atoms with Crippen molar-refractivity contribution in [2.45, 2.75) is 26.7 Å². The fraction of sp³-hybridized carbons (Fsp3) is 0.308. The maximum absolute atomic E-state index is 13.2. The predicted molar refractivity (Wildman–Crippen MR) is 64.6 cm³/mol. The summed E-state index contributed by atoms with van der Waals surface area (Å²) in [5, 5.41) is 0. The molecule has 0 N–H and O–H groups in total. The summed E-state index contributed by atoms with van der Waals surface area (Å²) in [6, 6.07) is 3.76. The first-order chi connectivity index (χ1) is 6.97. The highest BCUT2D eigenvalue weighted by Gasteiger charge is 2.13. The van der Waals surface area contributed by atoms with Crippen molar-refractivity contribution in [3.8, 4) is 0 Å². The zero-order valence-corrected chi connectivity index (χ0v) is 9.47. The molecule has 0 heterocycles. The van der Waals surface area contributed by atoms with Gasteiger partial charge in [-0.05, 0) is 36.8 Å². The van der Waals surface area contributed by atoms with Crippen LogP contribution in [0.2, 0.25) is 0 Å². The summed E-state index contributed by atoms with van der Waals surface area (Å²) in [4.78, 5) is 3.90. The molecule has 1 aromatic carbocycles. The number of hydrogen-bond acceptors (Lipinski definition) is 1. The fourth-order valence-electron chi connectivity index (χ4n) is 1.63. The first-order valence-electron chi connectivity index (χ1n) is 4.93. The smallest absolute Gasteiger partial charge is 0.125 e. The van der Waals surface area contributed by atoms with Gasteiger partial charge in [-0.2, -0.15) is 0 Å². The first kappa shape index (κ1) is 11.6. The molecule has 0 radical (unpaired) electrons. The molecule has 0 amide bonds. The average Bonchev–Trinajstić information content (AvgIpc) is 2.16. The van der Waals surface area contributed by atoms with Gasteiger partial charge in [-0.3, -0.25) is 4.99 Å². The molecule has 0 spiro atoms. The number of nitrogens with zero attached hydrogens (tertiary/aromatic N) is 1. The third-order valence-corrected chi connectivity index (χ3v) is 2.36. The topological polar surface area (TPSA) is 12.4 Å². The predicted octanol–water partition coefficient (Wildman–Crippen LogP) is 4.39. The summed E-state index contributed by atoms with van der Waals surface area (Å²) in [6.45, 7) is 12.8. The third-order valence-electron chi connectivity index (χ3n) is 2.36. The van der Waals surface area contributed by atoms with Crippen LogP contribution in [0, 0.1) is 6.92 Å². The van der Waals surface area contributed by atoms with E-state index in [9.17, 15) is 4.39 Å². The van der Waals surface area contributed by atoms with Gasteiger partial charge in [0.05, 0.1) is 5.69 Å². The number of hydrogen-bond donors (Lipinski definition) is 0. The summed E-state index contributed by atoms with van der Waals surface area (Å²) in [5.74, 6) is -0.161. The van der Waals surface area contributed by atoms with Crippen LogP contribution in [0.25, 0.3) is 5.83 Å². The molecule has 15 heavy (non-hydrogen) atoms. The van der Waals surface area contributed by atoms with Crippen molar-refractivity contribution >= 4 is 18.2 Å². The van der Waals surface area contributed by atoms with Crippen LogP contribution in [0.5, 0.6) is 0 Å². The van der Waals surface area contributed by atoms with Gasteiger partial charge in [0.2, 0.25) is 0 Å². The van der Waals surface area contributed by atoms with Crippen molar-refractivity contribution in [1.29, 1.82) is 0 Å². The van der Waals surface area contributed by atoms with Gasteiger partial charge < -0.3 is 0 Å². The van der Waals surface area contributed by atoms with Crippen LogP contribution in [0.15, 0.2) is 23.7 Å². The Morgan fingerprint density at radius 2 is 2.00 bits per heavy atom. The molecule has 0 fully saturated rings. The van der Waals surface area contributed by atoms with E-state index in [-0.39, 0.29) is 0 Å². The molecule has 0 aliphatic carbocycles. The van der Waals surface area contributed by atoms with E-state index >= 15 is 0 Å². The molecule has 0 aliphatic rings. The van der Waals surface area contributed by atoms with Crippen LogP contribution < -0.4 is 0 Å². The normalized spacial score (nSPS) is 10.5. The molecule has 2 heteroatoms.